The Morgan fingerprint density at radius 2 is 2.00 bits per heavy atom. The summed E-state index contributed by atoms with van der Waals surface area (Å²) in [5.74, 6) is 0.951. The van der Waals surface area contributed by atoms with Crippen LogP contribution in [-0.2, 0) is 0 Å². The summed E-state index contributed by atoms with van der Waals surface area (Å²) in [6.45, 7) is 10.1. The molecule has 0 saturated carbocycles. The molecule has 0 aromatic heterocycles. The van der Waals surface area contributed by atoms with E-state index in [0.29, 0.717) is 17.2 Å². The number of hydrogen-bond donors (Lipinski definition) is 1. The molecule has 1 amide bonds. The second-order valence-corrected chi connectivity index (χ2v) is 7.91. The van der Waals surface area contributed by atoms with Crippen LogP contribution in [-0.4, -0.2) is 31.3 Å². The van der Waals surface area contributed by atoms with E-state index < -0.39 is 0 Å². The minimum Gasteiger partial charge on any atom is -0.497 e. The van der Waals surface area contributed by atoms with Crippen LogP contribution in [0.5, 0.6) is 5.75 Å². The lowest BCUT2D eigenvalue weighted by molar-refractivity contribution is 0.0955. The number of methoxy groups -OCH3 is 1. The van der Waals surface area contributed by atoms with Crippen molar-refractivity contribution in [1.82, 2.24) is 5.43 Å². The van der Waals surface area contributed by atoms with Crippen molar-refractivity contribution in [3.63, 3.8) is 0 Å². The smallest absolute Gasteiger partial charge is 0.271 e. The van der Waals surface area contributed by atoms with E-state index in [1.54, 1.807) is 37.6 Å². The van der Waals surface area contributed by atoms with Crippen LogP contribution >= 0.6 is 0 Å². The van der Waals surface area contributed by atoms with Crippen molar-refractivity contribution < 1.29 is 9.53 Å². The number of fused-ring (bicyclic) bond motifs is 1. The van der Waals surface area contributed by atoms with Crippen LogP contribution in [0, 0.1) is 0 Å². The molecule has 1 heterocycles. The first-order valence-corrected chi connectivity index (χ1v) is 9.74. The van der Waals surface area contributed by atoms with Gasteiger partial charge in [-0.3, -0.25) is 4.79 Å². The number of amides is 1. The maximum atomic E-state index is 12.2. The molecule has 28 heavy (non-hydrogen) atoms. The Morgan fingerprint density at radius 1 is 1.29 bits per heavy atom. The summed E-state index contributed by atoms with van der Waals surface area (Å²) in [4.78, 5) is 14.7. The molecule has 1 aliphatic heterocycles. The summed E-state index contributed by atoms with van der Waals surface area (Å²) in [6, 6.07) is 13.3. The molecule has 0 saturated heterocycles. The zero-order valence-corrected chi connectivity index (χ0v) is 17.3. The van der Waals surface area contributed by atoms with Crippen LogP contribution < -0.4 is 15.1 Å². The molecule has 0 fully saturated rings. The minimum atomic E-state index is -0.246. The van der Waals surface area contributed by atoms with Gasteiger partial charge in [-0.05, 0) is 80.6 Å². The third kappa shape index (κ3) is 4.03. The van der Waals surface area contributed by atoms with Crippen LogP contribution in [0.1, 0.15) is 61.5 Å². The van der Waals surface area contributed by atoms with Gasteiger partial charge in [-0.2, -0.15) is 5.10 Å². The third-order valence-electron chi connectivity index (χ3n) is 5.46. The Bertz CT molecular complexity index is 872. The monoisotopic (exact) mass is 379 g/mol. The van der Waals surface area contributed by atoms with Crippen LogP contribution in [0.15, 0.2) is 47.6 Å². The van der Waals surface area contributed by atoms with Crippen molar-refractivity contribution in [2.45, 2.75) is 45.6 Å². The van der Waals surface area contributed by atoms with Crippen molar-refractivity contribution >= 4 is 17.8 Å². The quantitative estimate of drug-likeness (QED) is 0.611. The average Bonchev–Trinajstić information content (AvgIpc) is 2.68. The highest BCUT2D eigenvalue weighted by molar-refractivity contribution is 5.95. The fourth-order valence-corrected chi connectivity index (χ4v) is 4.16. The van der Waals surface area contributed by atoms with E-state index in [-0.39, 0.29) is 11.4 Å². The number of carbonyl (C=O) groups excluding carboxylic acids is 1. The van der Waals surface area contributed by atoms with E-state index in [1.165, 1.54) is 11.3 Å². The van der Waals surface area contributed by atoms with Crippen molar-refractivity contribution in [3.05, 3.63) is 59.2 Å². The maximum Gasteiger partial charge on any atom is 0.271 e. The molecule has 1 N–H and O–H groups in total. The molecule has 2 aromatic rings. The zero-order chi connectivity index (χ0) is 20.3. The SMILES string of the molecule is CCN1c2ccc(/C=N/NC(=O)c3ccc(OC)cc3)cc2C(C)CC1(C)C. The number of hydrogen-bond acceptors (Lipinski definition) is 4. The van der Waals surface area contributed by atoms with E-state index in [9.17, 15) is 4.79 Å². The van der Waals surface area contributed by atoms with Gasteiger partial charge in [0.2, 0.25) is 0 Å². The van der Waals surface area contributed by atoms with E-state index >= 15 is 0 Å². The number of carbonyl (C=O) groups is 1. The predicted molar refractivity (Wildman–Crippen MR) is 115 cm³/mol. The summed E-state index contributed by atoms with van der Waals surface area (Å²) in [5.41, 5.74) is 6.90. The fraction of sp³-hybridized carbons (Fsp3) is 0.391. The first kappa shape index (κ1) is 19.9. The van der Waals surface area contributed by atoms with Gasteiger partial charge in [-0.15, -0.1) is 0 Å². The Hall–Kier alpha value is -2.82. The second kappa shape index (κ2) is 8.05. The van der Waals surface area contributed by atoms with Gasteiger partial charge in [0.25, 0.3) is 5.91 Å². The summed E-state index contributed by atoms with van der Waals surface area (Å²) in [7, 11) is 1.60. The maximum absolute atomic E-state index is 12.2. The second-order valence-electron chi connectivity index (χ2n) is 7.91. The van der Waals surface area contributed by atoms with Gasteiger partial charge in [0.1, 0.15) is 5.75 Å². The van der Waals surface area contributed by atoms with Crippen molar-refractivity contribution in [2.75, 3.05) is 18.6 Å². The van der Waals surface area contributed by atoms with Gasteiger partial charge in [-0.25, -0.2) is 5.43 Å². The predicted octanol–water partition coefficient (Wildman–Crippen LogP) is 4.57. The van der Waals surface area contributed by atoms with Gasteiger partial charge in [0, 0.05) is 23.3 Å². The highest BCUT2D eigenvalue weighted by Crippen LogP contribution is 2.43. The number of nitrogens with zero attached hydrogens (tertiary/aromatic N) is 2. The largest absolute Gasteiger partial charge is 0.497 e. The summed E-state index contributed by atoms with van der Waals surface area (Å²) >= 11 is 0. The van der Waals surface area contributed by atoms with Gasteiger partial charge in [-0.1, -0.05) is 13.0 Å². The molecule has 0 bridgehead atoms. The molecule has 0 aliphatic carbocycles. The molecule has 1 unspecified atom stereocenters. The van der Waals surface area contributed by atoms with Crippen LogP contribution in [0.25, 0.3) is 0 Å². The number of anilines is 1. The number of ether oxygens (including phenoxy) is 1. The Kier molecular flexibility index (Phi) is 5.73. The standard InChI is InChI=1S/C23H29N3O2/c1-6-26-21-12-7-17(13-20(21)16(2)14-23(26,3)4)15-24-25-22(27)18-8-10-19(28-5)11-9-18/h7-13,15-16H,6,14H2,1-5H3,(H,25,27)/b24-15+. The average molecular weight is 380 g/mol. The van der Waals surface area contributed by atoms with Crippen molar-refractivity contribution in [2.24, 2.45) is 5.10 Å². The highest BCUT2D eigenvalue weighted by Gasteiger charge is 2.35. The van der Waals surface area contributed by atoms with Crippen LogP contribution in [0.4, 0.5) is 5.69 Å². The lowest BCUT2D eigenvalue weighted by atomic mass is 9.79. The molecule has 1 atom stereocenters. The lowest BCUT2D eigenvalue weighted by Crippen LogP contribution is -2.48. The molecule has 5 heteroatoms. The Balaban J connectivity index is 1.73. The van der Waals surface area contributed by atoms with E-state index in [1.807, 2.05) is 0 Å². The van der Waals surface area contributed by atoms with Crippen molar-refractivity contribution in [1.29, 1.82) is 0 Å². The first-order chi connectivity index (χ1) is 13.4. The van der Waals surface area contributed by atoms with Gasteiger partial charge in [0.15, 0.2) is 0 Å². The molecule has 0 radical (unpaired) electrons. The number of nitrogens with one attached hydrogen (secondary N) is 1. The van der Waals surface area contributed by atoms with Crippen LogP contribution in [0.3, 0.4) is 0 Å². The van der Waals surface area contributed by atoms with Crippen LogP contribution in [0.2, 0.25) is 0 Å². The minimum absolute atomic E-state index is 0.156. The number of rotatable bonds is 5. The molecule has 0 spiro atoms. The van der Waals surface area contributed by atoms with Gasteiger partial charge >= 0.3 is 0 Å². The summed E-state index contributed by atoms with van der Waals surface area (Å²) < 4.78 is 5.11. The molecule has 3 rings (SSSR count). The summed E-state index contributed by atoms with van der Waals surface area (Å²) in [5, 5.41) is 4.13. The van der Waals surface area contributed by atoms with E-state index in [0.717, 1.165) is 18.5 Å². The molecule has 148 valence electrons. The Morgan fingerprint density at radius 3 is 2.64 bits per heavy atom. The molecular weight excluding hydrogens is 350 g/mol. The topological polar surface area (TPSA) is 53.9 Å². The number of hydrazone groups is 1. The number of benzene rings is 2. The highest BCUT2D eigenvalue weighted by atomic mass is 16.5. The summed E-state index contributed by atoms with van der Waals surface area (Å²) in [6.07, 6.45) is 2.81. The lowest BCUT2D eigenvalue weighted by Gasteiger charge is -2.47. The van der Waals surface area contributed by atoms with Gasteiger partial charge < -0.3 is 9.64 Å². The first-order valence-electron chi connectivity index (χ1n) is 9.74. The zero-order valence-electron chi connectivity index (χ0n) is 17.3. The molecular formula is C23H29N3O2. The fourth-order valence-electron chi connectivity index (χ4n) is 4.16. The molecule has 5 nitrogen and oxygen atoms in total. The normalized spacial score (nSPS) is 18.0. The molecule has 1 aliphatic rings. The van der Waals surface area contributed by atoms with Crippen molar-refractivity contribution in [3.8, 4) is 5.75 Å². The molecule has 2 aromatic carbocycles. The van der Waals surface area contributed by atoms with Gasteiger partial charge in [0.05, 0.1) is 13.3 Å². The van der Waals surface area contributed by atoms with E-state index in [2.05, 4.69) is 61.3 Å². The van der Waals surface area contributed by atoms with E-state index in [4.69, 9.17) is 4.74 Å². The Labute approximate surface area is 167 Å². The third-order valence-corrected chi connectivity index (χ3v) is 5.46.